The normalized spacial score (nSPS) is 8.92. The highest BCUT2D eigenvalue weighted by atomic mass is 16.6. The van der Waals surface area contributed by atoms with Gasteiger partial charge in [-0.2, -0.15) is 0 Å². The molecule has 0 heterocycles. The van der Waals surface area contributed by atoms with Gasteiger partial charge in [0, 0.05) is 18.7 Å². The standard InChI is InChI=1S/C9H8N2O2/c1-3-7-4-5-8(10-2)9(6-7)11(12)13/h1,4-6,10H,2H3. The molecule has 0 amide bonds. The van der Waals surface area contributed by atoms with Crippen LogP contribution in [0.2, 0.25) is 0 Å². The maximum absolute atomic E-state index is 10.5. The molecule has 66 valence electrons. The molecule has 4 nitrogen and oxygen atoms in total. The maximum atomic E-state index is 10.5. The van der Waals surface area contributed by atoms with Crippen LogP contribution in [0.5, 0.6) is 0 Å². The van der Waals surface area contributed by atoms with E-state index in [0.29, 0.717) is 11.3 Å². The molecule has 0 aliphatic carbocycles. The largest absolute Gasteiger partial charge is 0.383 e. The van der Waals surface area contributed by atoms with Crippen molar-refractivity contribution in [1.82, 2.24) is 0 Å². The highest BCUT2D eigenvalue weighted by molar-refractivity contribution is 5.63. The molecule has 4 heteroatoms. The fourth-order valence-corrected chi connectivity index (χ4v) is 0.984. The lowest BCUT2D eigenvalue weighted by molar-refractivity contribution is -0.384. The Morgan fingerprint density at radius 1 is 1.62 bits per heavy atom. The van der Waals surface area contributed by atoms with Crippen LogP contribution in [0.15, 0.2) is 18.2 Å². The molecule has 0 radical (unpaired) electrons. The summed E-state index contributed by atoms with van der Waals surface area (Å²) in [6, 6.07) is 4.61. The molecular weight excluding hydrogens is 168 g/mol. The number of nitro benzene ring substituents is 1. The van der Waals surface area contributed by atoms with Crippen LogP contribution in [0.3, 0.4) is 0 Å². The predicted molar refractivity (Wildman–Crippen MR) is 50.6 cm³/mol. The molecule has 1 rings (SSSR count). The van der Waals surface area contributed by atoms with E-state index < -0.39 is 4.92 Å². The number of nitrogens with one attached hydrogen (secondary N) is 1. The molecule has 0 aliphatic heterocycles. The molecule has 0 aromatic heterocycles. The molecule has 0 bridgehead atoms. The van der Waals surface area contributed by atoms with Crippen molar-refractivity contribution in [2.45, 2.75) is 0 Å². The van der Waals surface area contributed by atoms with Crippen LogP contribution in [-0.2, 0) is 0 Å². The second-order valence-corrected chi connectivity index (χ2v) is 2.38. The van der Waals surface area contributed by atoms with E-state index in [-0.39, 0.29) is 5.69 Å². The van der Waals surface area contributed by atoms with E-state index in [1.165, 1.54) is 6.07 Å². The summed E-state index contributed by atoms with van der Waals surface area (Å²) in [4.78, 5) is 10.1. The number of rotatable bonds is 2. The number of anilines is 1. The zero-order valence-corrected chi connectivity index (χ0v) is 7.07. The Hall–Kier alpha value is -2.02. The number of nitrogens with zero attached hydrogens (tertiary/aromatic N) is 1. The first-order valence-electron chi connectivity index (χ1n) is 3.62. The van der Waals surface area contributed by atoms with Crippen molar-refractivity contribution in [3.05, 3.63) is 33.9 Å². The second kappa shape index (κ2) is 3.59. The molecule has 0 saturated carbocycles. The van der Waals surface area contributed by atoms with Crippen LogP contribution >= 0.6 is 0 Å². The minimum Gasteiger partial charge on any atom is -0.383 e. The van der Waals surface area contributed by atoms with Crippen molar-refractivity contribution in [3.8, 4) is 12.3 Å². The van der Waals surface area contributed by atoms with Crippen LogP contribution in [0.25, 0.3) is 0 Å². The third-order valence-electron chi connectivity index (χ3n) is 1.63. The summed E-state index contributed by atoms with van der Waals surface area (Å²) in [6.07, 6.45) is 5.12. The minimum atomic E-state index is -0.466. The molecule has 1 aromatic carbocycles. The minimum absolute atomic E-state index is 0.00190. The maximum Gasteiger partial charge on any atom is 0.293 e. The first-order chi connectivity index (χ1) is 6.19. The number of hydrogen-bond acceptors (Lipinski definition) is 3. The van der Waals surface area contributed by atoms with E-state index in [4.69, 9.17) is 6.42 Å². The van der Waals surface area contributed by atoms with E-state index in [9.17, 15) is 10.1 Å². The van der Waals surface area contributed by atoms with Crippen molar-refractivity contribution in [3.63, 3.8) is 0 Å². The summed E-state index contributed by atoms with van der Waals surface area (Å²) in [7, 11) is 1.62. The summed E-state index contributed by atoms with van der Waals surface area (Å²) in [5, 5.41) is 13.3. The fraction of sp³-hybridized carbons (Fsp3) is 0.111. The predicted octanol–water partition coefficient (Wildman–Crippen LogP) is 1.62. The average Bonchev–Trinajstić information content (AvgIpc) is 2.16. The fourth-order valence-electron chi connectivity index (χ4n) is 0.984. The summed E-state index contributed by atoms with van der Waals surface area (Å²) in [6.45, 7) is 0. The third-order valence-corrected chi connectivity index (χ3v) is 1.63. The smallest absolute Gasteiger partial charge is 0.293 e. The molecule has 1 aromatic rings. The summed E-state index contributed by atoms with van der Waals surface area (Å²) in [5.74, 6) is 2.34. The van der Waals surface area contributed by atoms with Gasteiger partial charge in [0.15, 0.2) is 0 Å². The Morgan fingerprint density at radius 3 is 2.77 bits per heavy atom. The summed E-state index contributed by atoms with van der Waals surface area (Å²) in [5.41, 5.74) is 0.965. The molecule has 0 unspecified atom stereocenters. The Kier molecular flexibility index (Phi) is 2.50. The molecule has 0 spiro atoms. The Bertz CT molecular complexity index is 380. The van der Waals surface area contributed by atoms with Gasteiger partial charge in [0.2, 0.25) is 0 Å². The van der Waals surface area contributed by atoms with E-state index >= 15 is 0 Å². The number of nitro groups is 1. The van der Waals surface area contributed by atoms with E-state index in [0.717, 1.165) is 0 Å². The van der Waals surface area contributed by atoms with Gasteiger partial charge in [-0.25, -0.2) is 0 Å². The van der Waals surface area contributed by atoms with E-state index in [2.05, 4.69) is 11.2 Å². The van der Waals surface area contributed by atoms with Gasteiger partial charge in [0.1, 0.15) is 5.69 Å². The first kappa shape index (κ1) is 9.07. The van der Waals surface area contributed by atoms with Crippen LogP contribution in [-0.4, -0.2) is 12.0 Å². The lowest BCUT2D eigenvalue weighted by Gasteiger charge is -2.01. The Balaban J connectivity index is 3.28. The van der Waals surface area contributed by atoms with Crippen LogP contribution in [0.4, 0.5) is 11.4 Å². The SMILES string of the molecule is C#Cc1ccc(NC)c([N+](=O)[O-])c1. The zero-order chi connectivity index (χ0) is 9.84. The highest BCUT2D eigenvalue weighted by Gasteiger charge is 2.12. The van der Waals surface area contributed by atoms with Crippen molar-refractivity contribution >= 4 is 11.4 Å². The number of terminal acetylenes is 1. The first-order valence-corrected chi connectivity index (χ1v) is 3.62. The van der Waals surface area contributed by atoms with Crippen molar-refractivity contribution in [2.24, 2.45) is 0 Å². The number of benzene rings is 1. The van der Waals surface area contributed by atoms with Crippen molar-refractivity contribution in [1.29, 1.82) is 0 Å². The van der Waals surface area contributed by atoms with Gasteiger partial charge >= 0.3 is 0 Å². The van der Waals surface area contributed by atoms with Gasteiger partial charge in [-0.1, -0.05) is 5.92 Å². The van der Waals surface area contributed by atoms with Crippen LogP contribution in [0, 0.1) is 22.5 Å². The van der Waals surface area contributed by atoms with E-state index in [1.807, 2.05) is 0 Å². The van der Waals surface area contributed by atoms with Gasteiger partial charge in [-0.05, 0) is 12.1 Å². The summed E-state index contributed by atoms with van der Waals surface area (Å²) < 4.78 is 0. The van der Waals surface area contributed by atoms with Crippen molar-refractivity contribution in [2.75, 3.05) is 12.4 Å². The zero-order valence-electron chi connectivity index (χ0n) is 7.07. The molecule has 0 fully saturated rings. The van der Waals surface area contributed by atoms with Crippen LogP contribution < -0.4 is 5.32 Å². The van der Waals surface area contributed by atoms with Gasteiger partial charge in [-0.3, -0.25) is 10.1 Å². The number of hydrogen-bond donors (Lipinski definition) is 1. The quantitative estimate of drug-likeness (QED) is 0.423. The lowest BCUT2D eigenvalue weighted by atomic mass is 10.2. The third kappa shape index (κ3) is 1.76. The molecule has 0 saturated heterocycles. The van der Waals surface area contributed by atoms with Gasteiger partial charge < -0.3 is 5.32 Å². The Morgan fingerprint density at radius 2 is 2.31 bits per heavy atom. The molecule has 1 N–H and O–H groups in total. The van der Waals surface area contributed by atoms with E-state index in [1.54, 1.807) is 19.2 Å². The second-order valence-electron chi connectivity index (χ2n) is 2.38. The van der Waals surface area contributed by atoms with Gasteiger partial charge in [0.25, 0.3) is 5.69 Å². The summed E-state index contributed by atoms with van der Waals surface area (Å²) >= 11 is 0. The average molecular weight is 176 g/mol. The van der Waals surface area contributed by atoms with Crippen LogP contribution in [0.1, 0.15) is 5.56 Å². The molecule has 0 atom stereocenters. The van der Waals surface area contributed by atoms with Gasteiger partial charge in [0.05, 0.1) is 4.92 Å². The highest BCUT2D eigenvalue weighted by Crippen LogP contribution is 2.24. The molecule has 13 heavy (non-hydrogen) atoms. The lowest BCUT2D eigenvalue weighted by Crippen LogP contribution is -1.96. The van der Waals surface area contributed by atoms with Gasteiger partial charge in [-0.15, -0.1) is 6.42 Å². The molecular formula is C9H8N2O2. The van der Waals surface area contributed by atoms with Crippen molar-refractivity contribution < 1.29 is 4.92 Å². The monoisotopic (exact) mass is 176 g/mol. The Labute approximate surface area is 75.7 Å². The molecule has 0 aliphatic rings. The topological polar surface area (TPSA) is 55.2 Å².